The van der Waals surface area contributed by atoms with Crippen LogP contribution in [0.15, 0.2) is 60.7 Å². The summed E-state index contributed by atoms with van der Waals surface area (Å²) in [5, 5.41) is 9.07. The molecule has 0 aliphatic carbocycles. The summed E-state index contributed by atoms with van der Waals surface area (Å²) in [5.41, 5.74) is 1.42. The second-order valence-corrected chi connectivity index (χ2v) is 5.90. The van der Waals surface area contributed by atoms with E-state index in [2.05, 4.69) is 10.6 Å². The molecule has 0 fully saturated rings. The van der Waals surface area contributed by atoms with Crippen molar-refractivity contribution in [3.63, 3.8) is 0 Å². The van der Waals surface area contributed by atoms with Gasteiger partial charge in [-0.2, -0.15) is 0 Å². The van der Waals surface area contributed by atoms with E-state index in [9.17, 15) is 4.79 Å². The van der Waals surface area contributed by atoms with E-state index in [-0.39, 0.29) is 12.5 Å². The third-order valence-electron chi connectivity index (χ3n) is 3.43. The first-order valence-electron chi connectivity index (χ1n) is 7.10. The maximum Gasteiger partial charge on any atom is 0.243 e. The minimum absolute atomic E-state index is 0.100. The number of benzene rings is 3. The van der Waals surface area contributed by atoms with E-state index in [1.807, 2.05) is 42.5 Å². The third kappa shape index (κ3) is 3.76. The van der Waals surface area contributed by atoms with Crippen LogP contribution in [0.3, 0.4) is 0 Å². The molecule has 2 N–H and O–H groups in total. The topological polar surface area (TPSA) is 41.1 Å². The Morgan fingerprint density at radius 2 is 1.70 bits per heavy atom. The number of rotatable bonds is 4. The van der Waals surface area contributed by atoms with Crippen molar-refractivity contribution in [2.24, 2.45) is 0 Å². The number of amides is 1. The summed E-state index contributed by atoms with van der Waals surface area (Å²) in [6.45, 7) is 0.100. The van der Waals surface area contributed by atoms with Gasteiger partial charge in [0.05, 0.1) is 17.3 Å². The van der Waals surface area contributed by atoms with E-state index < -0.39 is 0 Å². The van der Waals surface area contributed by atoms with Crippen LogP contribution in [-0.2, 0) is 4.79 Å². The van der Waals surface area contributed by atoms with Crippen molar-refractivity contribution in [1.29, 1.82) is 0 Å². The smallest absolute Gasteiger partial charge is 0.243 e. The number of halogens is 2. The Balaban J connectivity index is 1.70. The van der Waals surface area contributed by atoms with Crippen LogP contribution in [-0.4, -0.2) is 12.5 Å². The van der Waals surface area contributed by atoms with Gasteiger partial charge in [0, 0.05) is 16.1 Å². The van der Waals surface area contributed by atoms with E-state index in [0.29, 0.717) is 15.7 Å². The van der Waals surface area contributed by atoms with Crippen LogP contribution in [0.1, 0.15) is 0 Å². The van der Waals surface area contributed by atoms with Gasteiger partial charge in [0.15, 0.2) is 0 Å². The van der Waals surface area contributed by atoms with Crippen LogP contribution in [0.5, 0.6) is 0 Å². The fourth-order valence-electron chi connectivity index (χ4n) is 2.34. The molecule has 0 heterocycles. The molecule has 0 unspecified atom stereocenters. The molecule has 1 amide bonds. The van der Waals surface area contributed by atoms with Crippen molar-refractivity contribution in [2.75, 3.05) is 17.2 Å². The zero-order valence-electron chi connectivity index (χ0n) is 12.1. The van der Waals surface area contributed by atoms with E-state index in [1.54, 1.807) is 18.2 Å². The molecule has 3 aromatic carbocycles. The van der Waals surface area contributed by atoms with Crippen molar-refractivity contribution in [3.05, 3.63) is 70.7 Å². The first-order valence-corrected chi connectivity index (χ1v) is 7.85. The Hall–Kier alpha value is -2.23. The van der Waals surface area contributed by atoms with Crippen molar-refractivity contribution >= 4 is 51.3 Å². The molecule has 116 valence electrons. The molecule has 0 aliphatic rings. The SMILES string of the molecule is O=C(CNc1cc(Cl)ccc1Cl)Nc1cccc2ccccc12. The Labute approximate surface area is 144 Å². The van der Waals surface area contributed by atoms with Gasteiger partial charge in [-0.1, -0.05) is 59.6 Å². The molecule has 0 radical (unpaired) electrons. The Kier molecular flexibility index (Phi) is 4.70. The summed E-state index contributed by atoms with van der Waals surface area (Å²) in [5.74, 6) is -0.155. The zero-order chi connectivity index (χ0) is 16.2. The molecule has 0 saturated carbocycles. The minimum atomic E-state index is -0.155. The van der Waals surface area contributed by atoms with Crippen molar-refractivity contribution in [3.8, 4) is 0 Å². The summed E-state index contributed by atoms with van der Waals surface area (Å²) in [4.78, 5) is 12.2. The highest BCUT2D eigenvalue weighted by atomic mass is 35.5. The molecule has 0 spiro atoms. The van der Waals surface area contributed by atoms with Crippen molar-refractivity contribution in [1.82, 2.24) is 0 Å². The molecule has 0 aliphatic heterocycles. The summed E-state index contributed by atoms with van der Waals surface area (Å²) in [6, 6.07) is 18.8. The Bertz CT molecular complexity index is 859. The lowest BCUT2D eigenvalue weighted by atomic mass is 10.1. The summed E-state index contributed by atoms with van der Waals surface area (Å²) < 4.78 is 0. The lowest BCUT2D eigenvalue weighted by Crippen LogP contribution is -2.22. The fourth-order valence-corrected chi connectivity index (χ4v) is 2.69. The average Bonchev–Trinajstić information content (AvgIpc) is 2.56. The molecule has 5 heteroatoms. The lowest BCUT2D eigenvalue weighted by Gasteiger charge is -2.11. The van der Waals surface area contributed by atoms with Gasteiger partial charge in [0.1, 0.15) is 0 Å². The van der Waals surface area contributed by atoms with Gasteiger partial charge in [0.2, 0.25) is 5.91 Å². The van der Waals surface area contributed by atoms with E-state index in [1.165, 1.54) is 0 Å². The number of carbonyl (C=O) groups excluding carboxylic acids is 1. The summed E-state index contributed by atoms with van der Waals surface area (Å²) >= 11 is 12.0. The first-order chi connectivity index (χ1) is 11.1. The van der Waals surface area contributed by atoms with Gasteiger partial charge in [-0.3, -0.25) is 4.79 Å². The molecule has 3 nitrogen and oxygen atoms in total. The lowest BCUT2D eigenvalue weighted by molar-refractivity contribution is -0.114. The van der Waals surface area contributed by atoms with Crippen LogP contribution >= 0.6 is 23.2 Å². The molecule has 3 rings (SSSR count). The molecule has 0 bridgehead atoms. The number of fused-ring (bicyclic) bond motifs is 1. The molecule has 3 aromatic rings. The van der Waals surface area contributed by atoms with Gasteiger partial charge in [-0.15, -0.1) is 0 Å². The quantitative estimate of drug-likeness (QED) is 0.683. The largest absolute Gasteiger partial charge is 0.375 e. The van der Waals surface area contributed by atoms with Crippen molar-refractivity contribution < 1.29 is 4.79 Å². The molecule has 23 heavy (non-hydrogen) atoms. The Morgan fingerprint density at radius 1 is 0.913 bits per heavy atom. The summed E-state index contributed by atoms with van der Waals surface area (Å²) in [6.07, 6.45) is 0. The maximum absolute atomic E-state index is 12.2. The van der Waals surface area contributed by atoms with Crippen LogP contribution in [0.4, 0.5) is 11.4 Å². The third-order valence-corrected chi connectivity index (χ3v) is 4.00. The van der Waals surface area contributed by atoms with E-state index >= 15 is 0 Å². The maximum atomic E-state index is 12.2. The highest BCUT2D eigenvalue weighted by Crippen LogP contribution is 2.25. The minimum Gasteiger partial charge on any atom is -0.375 e. The van der Waals surface area contributed by atoms with Gasteiger partial charge in [0.25, 0.3) is 0 Å². The zero-order valence-corrected chi connectivity index (χ0v) is 13.7. The van der Waals surface area contributed by atoms with Gasteiger partial charge >= 0.3 is 0 Å². The van der Waals surface area contributed by atoms with Crippen molar-refractivity contribution in [2.45, 2.75) is 0 Å². The number of nitrogens with one attached hydrogen (secondary N) is 2. The standard InChI is InChI=1S/C18H14Cl2N2O/c19-13-8-9-15(20)17(10-13)21-11-18(23)22-16-7-3-5-12-4-1-2-6-14(12)16/h1-10,21H,11H2,(H,22,23). The highest BCUT2D eigenvalue weighted by Gasteiger charge is 2.07. The van der Waals surface area contributed by atoms with Gasteiger partial charge in [-0.25, -0.2) is 0 Å². The highest BCUT2D eigenvalue weighted by molar-refractivity contribution is 6.35. The number of carbonyl (C=O) groups is 1. The predicted molar refractivity (Wildman–Crippen MR) is 97.5 cm³/mol. The molecule has 0 saturated heterocycles. The average molecular weight is 345 g/mol. The van der Waals surface area contributed by atoms with Crippen LogP contribution in [0.25, 0.3) is 10.8 Å². The van der Waals surface area contributed by atoms with E-state index in [4.69, 9.17) is 23.2 Å². The second-order valence-electron chi connectivity index (χ2n) is 5.05. The molecular weight excluding hydrogens is 331 g/mol. The fraction of sp³-hybridized carbons (Fsp3) is 0.0556. The van der Waals surface area contributed by atoms with E-state index in [0.717, 1.165) is 16.5 Å². The van der Waals surface area contributed by atoms with Crippen LogP contribution in [0.2, 0.25) is 10.0 Å². The number of hydrogen-bond acceptors (Lipinski definition) is 2. The molecular formula is C18H14Cl2N2O. The molecule has 0 aromatic heterocycles. The molecule has 0 atom stereocenters. The van der Waals surface area contributed by atoms with Gasteiger partial charge in [-0.05, 0) is 29.7 Å². The second kappa shape index (κ2) is 6.90. The number of hydrogen-bond donors (Lipinski definition) is 2. The van der Waals surface area contributed by atoms with Crippen LogP contribution in [0, 0.1) is 0 Å². The monoisotopic (exact) mass is 344 g/mol. The van der Waals surface area contributed by atoms with Crippen LogP contribution < -0.4 is 10.6 Å². The summed E-state index contributed by atoms with van der Waals surface area (Å²) in [7, 11) is 0. The predicted octanol–water partition coefficient (Wildman–Crippen LogP) is 5.20. The Morgan fingerprint density at radius 3 is 2.57 bits per heavy atom. The first kappa shape index (κ1) is 15.7. The normalized spacial score (nSPS) is 10.5. The van der Waals surface area contributed by atoms with Gasteiger partial charge < -0.3 is 10.6 Å². The number of anilines is 2.